The number of aliphatic hydroxyl groups excluding tert-OH is 1. The van der Waals surface area contributed by atoms with Gasteiger partial charge in [0.25, 0.3) is 0 Å². The van der Waals surface area contributed by atoms with Gasteiger partial charge in [-0.3, -0.25) is 0 Å². The first-order valence-electron chi connectivity index (χ1n) is 9.92. The average Bonchev–Trinajstić information content (AvgIpc) is 3.20. The van der Waals surface area contributed by atoms with Gasteiger partial charge in [0.05, 0.1) is 18.9 Å². The molecule has 6 heteroatoms. The predicted molar refractivity (Wildman–Crippen MR) is 124 cm³/mol. The van der Waals surface area contributed by atoms with E-state index >= 15 is 0 Å². The fraction of sp³-hybridized carbons (Fsp3) is 0.500. The predicted octanol–water partition coefficient (Wildman–Crippen LogP) is 4.12. The first-order valence-corrected chi connectivity index (χ1v) is 9.92. The van der Waals surface area contributed by atoms with E-state index < -0.39 is 0 Å². The number of halogens is 1. The number of furan rings is 1. The van der Waals surface area contributed by atoms with Crippen LogP contribution >= 0.6 is 24.0 Å². The molecule has 2 atom stereocenters. The Labute approximate surface area is 185 Å². The van der Waals surface area contributed by atoms with Crippen molar-refractivity contribution in [2.24, 2.45) is 10.4 Å². The van der Waals surface area contributed by atoms with Gasteiger partial charge in [0, 0.05) is 24.9 Å². The SMILES string of the molecule is CC1(CNC(=NCc2ccccc2)NCCc2ccco2)CCCCC1O.I. The van der Waals surface area contributed by atoms with Crippen molar-refractivity contribution in [2.45, 2.75) is 51.7 Å². The van der Waals surface area contributed by atoms with Gasteiger partial charge in [0.1, 0.15) is 5.76 Å². The third kappa shape index (κ3) is 6.81. The lowest BCUT2D eigenvalue weighted by Crippen LogP contribution is -2.48. The summed E-state index contributed by atoms with van der Waals surface area (Å²) in [6.45, 7) is 4.25. The van der Waals surface area contributed by atoms with Gasteiger partial charge < -0.3 is 20.2 Å². The normalized spacial score (nSPS) is 22.4. The average molecular weight is 497 g/mol. The van der Waals surface area contributed by atoms with Crippen LogP contribution in [0.4, 0.5) is 0 Å². The smallest absolute Gasteiger partial charge is 0.191 e. The number of aliphatic hydroxyl groups is 1. The summed E-state index contributed by atoms with van der Waals surface area (Å²) < 4.78 is 5.40. The first-order chi connectivity index (χ1) is 13.2. The minimum absolute atomic E-state index is 0. The molecule has 0 amide bonds. The molecule has 0 bridgehead atoms. The van der Waals surface area contributed by atoms with Crippen molar-refractivity contribution < 1.29 is 9.52 Å². The molecule has 0 radical (unpaired) electrons. The number of rotatable bonds is 7. The monoisotopic (exact) mass is 497 g/mol. The molecule has 0 saturated heterocycles. The van der Waals surface area contributed by atoms with Gasteiger partial charge in [0.15, 0.2) is 5.96 Å². The molecule has 3 N–H and O–H groups in total. The number of benzene rings is 1. The highest BCUT2D eigenvalue weighted by atomic mass is 127. The molecule has 1 aliphatic carbocycles. The molecule has 1 fully saturated rings. The summed E-state index contributed by atoms with van der Waals surface area (Å²) in [5, 5.41) is 17.3. The Bertz CT molecular complexity index is 706. The topological polar surface area (TPSA) is 69.8 Å². The summed E-state index contributed by atoms with van der Waals surface area (Å²) in [6.07, 6.45) is 6.48. The van der Waals surface area contributed by atoms with Crippen LogP contribution in [0, 0.1) is 5.41 Å². The molecule has 1 heterocycles. The lowest BCUT2D eigenvalue weighted by Gasteiger charge is -2.38. The van der Waals surface area contributed by atoms with Crippen LogP contribution < -0.4 is 10.6 Å². The van der Waals surface area contributed by atoms with Crippen LogP contribution in [0.5, 0.6) is 0 Å². The molecule has 1 aromatic heterocycles. The molecular weight excluding hydrogens is 465 g/mol. The van der Waals surface area contributed by atoms with E-state index in [1.807, 2.05) is 30.3 Å². The van der Waals surface area contributed by atoms with Crippen molar-refractivity contribution in [1.82, 2.24) is 10.6 Å². The molecule has 154 valence electrons. The molecule has 0 aliphatic heterocycles. The molecule has 5 nitrogen and oxygen atoms in total. The first kappa shape index (κ1) is 22.7. The van der Waals surface area contributed by atoms with E-state index in [9.17, 15) is 5.11 Å². The zero-order chi connectivity index (χ0) is 19.0. The van der Waals surface area contributed by atoms with Crippen molar-refractivity contribution in [3.8, 4) is 0 Å². The van der Waals surface area contributed by atoms with E-state index in [2.05, 4.69) is 29.7 Å². The van der Waals surface area contributed by atoms with Gasteiger partial charge >= 0.3 is 0 Å². The van der Waals surface area contributed by atoms with Crippen LogP contribution in [0.2, 0.25) is 0 Å². The summed E-state index contributed by atoms with van der Waals surface area (Å²) in [5.74, 6) is 1.74. The molecule has 2 aromatic rings. The number of hydrogen-bond acceptors (Lipinski definition) is 3. The van der Waals surface area contributed by atoms with Gasteiger partial charge in [-0.2, -0.15) is 0 Å². The highest BCUT2D eigenvalue weighted by Crippen LogP contribution is 2.35. The third-order valence-electron chi connectivity index (χ3n) is 5.45. The standard InChI is InChI=1S/C22H31N3O2.HI/c1-22(13-6-5-11-20(22)26)17-25-21(23-14-12-19-10-7-15-27-19)24-16-18-8-3-2-4-9-18;/h2-4,7-10,15,20,26H,5-6,11-14,16-17H2,1H3,(H2,23,24,25);1H. The van der Waals surface area contributed by atoms with Crippen molar-refractivity contribution in [3.63, 3.8) is 0 Å². The van der Waals surface area contributed by atoms with E-state index in [1.165, 1.54) is 12.0 Å². The largest absolute Gasteiger partial charge is 0.469 e. The van der Waals surface area contributed by atoms with Crippen molar-refractivity contribution >= 4 is 29.9 Å². The van der Waals surface area contributed by atoms with E-state index in [0.717, 1.165) is 50.5 Å². The van der Waals surface area contributed by atoms with Crippen molar-refractivity contribution in [3.05, 3.63) is 60.1 Å². The lowest BCUT2D eigenvalue weighted by molar-refractivity contribution is 0.00397. The Morgan fingerprint density at radius 1 is 1.18 bits per heavy atom. The van der Waals surface area contributed by atoms with Crippen LogP contribution in [0.15, 0.2) is 58.1 Å². The molecule has 1 aliphatic rings. The zero-order valence-electron chi connectivity index (χ0n) is 16.6. The summed E-state index contributed by atoms with van der Waals surface area (Å²) in [4.78, 5) is 4.74. The lowest BCUT2D eigenvalue weighted by atomic mass is 9.73. The van der Waals surface area contributed by atoms with Gasteiger partial charge in [-0.05, 0) is 30.5 Å². The summed E-state index contributed by atoms with van der Waals surface area (Å²) in [5.41, 5.74) is 1.07. The van der Waals surface area contributed by atoms with Crippen LogP contribution in [-0.4, -0.2) is 30.3 Å². The van der Waals surface area contributed by atoms with Crippen LogP contribution in [0.1, 0.15) is 43.9 Å². The van der Waals surface area contributed by atoms with Gasteiger partial charge in [-0.1, -0.05) is 50.1 Å². The van der Waals surface area contributed by atoms with E-state index in [1.54, 1.807) is 6.26 Å². The number of guanidine groups is 1. The molecule has 3 rings (SSSR count). The maximum absolute atomic E-state index is 10.4. The summed E-state index contributed by atoms with van der Waals surface area (Å²) in [7, 11) is 0. The maximum Gasteiger partial charge on any atom is 0.191 e. The van der Waals surface area contributed by atoms with Crippen LogP contribution in [-0.2, 0) is 13.0 Å². The van der Waals surface area contributed by atoms with Crippen LogP contribution in [0.25, 0.3) is 0 Å². The fourth-order valence-electron chi connectivity index (χ4n) is 3.56. The molecule has 0 spiro atoms. The second kappa shape index (κ2) is 11.5. The Morgan fingerprint density at radius 2 is 2.00 bits per heavy atom. The second-order valence-corrected chi connectivity index (χ2v) is 7.68. The summed E-state index contributed by atoms with van der Waals surface area (Å²) in [6, 6.07) is 14.1. The minimum atomic E-state index is -0.253. The van der Waals surface area contributed by atoms with Gasteiger partial charge in [-0.25, -0.2) is 4.99 Å². The Kier molecular flexibility index (Phi) is 9.31. The number of aliphatic imine (C=N–C) groups is 1. The molecule has 28 heavy (non-hydrogen) atoms. The molecule has 2 unspecified atom stereocenters. The van der Waals surface area contributed by atoms with E-state index in [-0.39, 0.29) is 35.5 Å². The highest BCUT2D eigenvalue weighted by molar-refractivity contribution is 14.0. The molecule has 1 saturated carbocycles. The number of nitrogens with zero attached hydrogens (tertiary/aromatic N) is 1. The Balaban J connectivity index is 0.00000280. The summed E-state index contributed by atoms with van der Waals surface area (Å²) >= 11 is 0. The fourth-order valence-corrected chi connectivity index (χ4v) is 3.56. The second-order valence-electron chi connectivity index (χ2n) is 7.68. The highest BCUT2D eigenvalue weighted by Gasteiger charge is 2.35. The zero-order valence-corrected chi connectivity index (χ0v) is 18.9. The Morgan fingerprint density at radius 3 is 2.71 bits per heavy atom. The maximum atomic E-state index is 10.4. The number of hydrogen-bond donors (Lipinski definition) is 3. The van der Waals surface area contributed by atoms with Crippen LogP contribution in [0.3, 0.4) is 0 Å². The quantitative estimate of drug-likeness (QED) is 0.306. The van der Waals surface area contributed by atoms with Gasteiger partial charge in [-0.15, -0.1) is 24.0 Å². The molecular formula is C22H32IN3O2. The van der Waals surface area contributed by atoms with E-state index in [4.69, 9.17) is 9.41 Å². The third-order valence-corrected chi connectivity index (χ3v) is 5.45. The number of nitrogens with one attached hydrogen (secondary N) is 2. The minimum Gasteiger partial charge on any atom is -0.469 e. The van der Waals surface area contributed by atoms with Crippen molar-refractivity contribution in [2.75, 3.05) is 13.1 Å². The Hall–Kier alpha value is -1.54. The van der Waals surface area contributed by atoms with Gasteiger partial charge in [0.2, 0.25) is 0 Å². The van der Waals surface area contributed by atoms with Crippen molar-refractivity contribution in [1.29, 1.82) is 0 Å². The molecule has 1 aromatic carbocycles. The van der Waals surface area contributed by atoms with E-state index in [0.29, 0.717) is 6.54 Å².